The number of amides is 1. The molecule has 5 nitrogen and oxygen atoms in total. The molecule has 174 valence electrons. The van der Waals surface area contributed by atoms with Gasteiger partial charge < -0.3 is 9.64 Å². The molecule has 1 fully saturated rings. The SMILES string of the molecule is CCCCCCCOc1ccc(C(=O)N(Cc2ccccc2Cl)[C@H]2CCS(=O)(=O)C2)cc1. The lowest BCUT2D eigenvalue weighted by Gasteiger charge is -2.29. The Balaban J connectivity index is 1.68. The van der Waals surface area contributed by atoms with E-state index in [0.717, 1.165) is 24.2 Å². The first-order valence-corrected chi connectivity index (χ1v) is 13.6. The van der Waals surface area contributed by atoms with Crippen LogP contribution in [0.5, 0.6) is 5.75 Å². The maximum Gasteiger partial charge on any atom is 0.254 e. The first kappa shape index (κ1) is 24.6. The second kappa shape index (κ2) is 11.7. The van der Waals surface area contributed by atoms with E-state index in [2.05, 4.69) is 6.92 Å². The number of halogens is 1. The van der Waals surface area contributed by atoms with Gasteiger partial charge in [-0.2, -0.15) is 0 Å². The van der Waals surface area contributed by atoms with Crippen molar-refractivity contribution in [3.8, 4) is 5.75 Å². The number of sulfone groups is 1. The summed E-state index contributed by atoms with van der Waals surface area (Å²) in [6.07, 6.45) is 6.32. The van der Waals surface area contributed by atoms with Gasteiger partial charge in [-0.15, -0.1) is 0 Å². The Morgan fingerprint density at radius 2 is 1.78 bits per heavy atom. The van der Waals surface area contributed by atoms with Crippen LogP contribution in [0.3, 0.4) is 0 Å². The van der Waals surface area contributed by atoms with E-state index in [4.69, 9.17) is 16.3 Å². The molecule has 1 aliphatic heterocycles. The number of carbonyl (C=O) groups excluding carboxylic acids is 1. The summed E-state index contributed by atoms with van der Waals surface area (Å²) in [4.78, 5) is 15.0. The molecule has 0 N–H and O–H groups in total. The van der Waals surface area contributed by atoms with Gasteiger partial charge in [0.25, 0.3) is 5.91 Å². The van der Waals surface area contributed by atoms with Gasteiger partial charge in [0, 0.05) is 23.2 Å². The molecular formula is C25H32ClNO4S. The normalized spacial score (nSPS) is 17.2. The Bertz CT molecular complexity index is 991. The summed E-state index contributed by atoms with van der Waals surface area (Å²) in [5, 5.41) is 0.564. The van der Waals surface area contributed by atoms with Gasteiger partial charge in [0.2, 0.25) is 0 Å². The van der Waals surface area contributed by atoms with Gasteiger partial charge in [0.05, 0.1) is 18.1 Å². The lowest BCUT2D eigenvalue weighted by atomic mass is 10.1. The van der Waals surface area contributed by atoms with E-state index in [1.807, 2.05) is 18.2 Å². The second-order valence-corrected chi connectivity index (χ2v) is 11.0. The van der Waals surface area contributed by atoms with E-state index in [9.17, 15) is 13.2 Å². The Morgan fingerprint density at radius 1 is 1.06 bits per heavy atom. The molecule has 0 spiro atoms. The molecule has 1 amide bonds. The van der Waals surface area contributed by atoms with E-state index in [0.29, 0.717) is 23.6 Å². The summed E-state index contributed by atoms with van der Waals surface area (Å²) in [5.74, 6) is 0.633. The third kappa shape index (κ3) is 6.97. The van der Waals surface area contributed by atoms with E-state index in [-0.39, 0.29) is 30.0 Å². The molecule has 0 unspecified atom stereocenters. The van der Waals surface area contributed by atoms with Gasteiger partial charge in [-0.25, -0.2) is 8.42 Å². The average molecular weight is 478 g/mol. The molecule has 32 heavy (non-hydrogen) atoms. The van der Waals surface area contributed by atoms with Crippen molar-refractivity contribution in [3.63, 3.8) is 0 Å². The van der Waals surface area contributed by atoms with Crippen molar-refractivity contribution in [1.82, 2.24) is 4.90 Å². The number of rotatable bonds is 11. The lowest BCUT2D eigenvalue weighted by molar-refractivity contribution is 0.0681. The minimum absolute atomic E-state index is 0.0115. The van der Waals surface area contributed by atoms with Crippen molar-refractivity contribution >= 4 is 27.3 Å². The van der Waals surface area contributed by atoms with Gasteiger partial charge in [-0.1, -0.05) is 62.4 Å². The maximum atomic E-state index is 13.4. The van der Waals surface area contributed by atoms with Gasteiger partial charge in [0.15, 0.2) is 9.84 Å². The zero-order valence-electron chi connectivity index (χ0n) is 18.6. The van der Waals surface area contributed by atoms with Crippen LogP contribution in [0, 0.1) is 0 Å². The zero-order chi connectivity index (χ0) is 23.0. The molecule has 0 radical (unpaired) electrons. The first-order valence-electron chi connectivity index (χ1n) is 11.4. The molecule has 1 atom stereocenters. The number of carbonyl (C=O) groups is 1. The molecule has 1 heterocycles. The summed E-state index contributed by atoms with van der Waals surface area (Å²) in [5.41, 5.74) is 1.31. The highest BCUT2D eigenvalue weighted by Gasteiger charge is 2.35. The monoisotopic (exact) mass is 477 g/mol. The fourth-order valence-electron chi connectivity index (χ4n) is 3.95. The number of hydrogen-bond donors (Lipinski definition) is 0. The van der Waals surface area contributed by atoms with E-state index >= 15 is 0 Å². The van der Waals surface area contributed by atoms with Gasteiger partial charge in [0.1, 0.15) is 5.75 Å². The summed E-state index contributed by atoms with van der Waals surface area (Å²) in [7, 11) is -3.13. The molecule has 1 aliphatic rings. The van der Waals surface area contributed by atoms with Crippen molar-refractivity contribution in [1.29, 1.82) is 0 Å². The van der Waals surface area contributed by atoms with Crippen LogP contribution in [0.15, 0.2) is 48.5 Å². The quantitative estimate of drug-likeness (QED) is 0.400. The van der Waals surface area contributed by atoms with E-state index in [1.54, 1.807) is 35.2 Å². The number of ether oxygens (including phenoxy) is 1. The molecule has 0 aromatic heterocycles. The Hall–Kier alpha value is -2.05. The molecular weight excluding hydrogens is 446 g/mol. The van der Waals surface area contributed by atoms with Crippen molar-refractivity contribution < 1.29 is 17.9 Å². The molecule has 7 heteroatoms. The average Bonchev–Trinajstić information content (AvgIpc) is 3.15. The molecule has 0 bridgehead atoms. The predicted molar refractivity (Wildman–Crippen MR) is 129 cm³/mol. The summed E-state index contributed by atoms with van der Waals surface area (Å²) in [6, 6.07) is 14.1. The van der Waals surface area contributed by atoms with Crippen molar-refractivity contribution in [3.05, 3.63) is 64.7 Å². The maximum absolute atomic E-state index is 13.4. The topological polar surface area (TPSA) is 63.7 Å². The molecule has 2 aromatic carbocycles. The highest BCUT2D eigenvalue weighted by Crippen LogP contribution is 2.25. The highest BCUT2D eigenvalue weighted by molar-refractivity contribution is 7.91. The Kier molecular flexibility index (Phi) is 9.00. The number of hydrogen-bond acceptors (Lipinski definition) is 4. The second-order valence-electron chi connectivity index (χ2n) is 8.37. The fourth-order valence-corrected chi connectivity index (χ4v) is 5.88. The van der Waals surface area contributed by atoms with Crippen LogP contribution in [0.2, 0.25) is 5.02 Å². The van der Waals surface area contributed by atoms with E-state index < -0.39 is 9.84 Å². The van der Waals surface area contributed by atoms with Crippen LogP contribution < -0.4 is 4.74 Å². The van der Waals surface area contributed by atoms with E-state index in [1.165, 1.54) is 19.3 Å². The van der Waals surface area contributed by atoms with Crippen molar-refractivity contribution in [2.75, 3.05) is 18.1 Å². The molecule has 0 saturated carbocycles. The smallest absolute Gasteiger partial charge is 0.254 e. The van der Waals surface area contributed by atoms with Crippen LogP contribution in [0.25, 0.3) is 0 Å². The summed E-state index contributed by atoms with van der Waals surface area (Å²) >= 11 is 6.32. The first-order chi connectivity index (χ1) is 15.4. The van der Waals surface area contributed by atoms with Gasteiger partial charge in [-0.3, -0.25) is 4.79 Å². The number of unbranched alkanes of at least 4 members (excludes halogenated alkanes) is 4. The van der Waals surface area contributed by atoms with Crippen LogP contribution in [0.4, 0.5) is 0 Å². The zero-order valence-corrected chi connectivity index (χ0v) is 20.2. The molecule has 0 aliphatic carbocycles. The van der Waals surface area contributed by atoms with Crippen molar-refractivity contribution in [2.24, 2.45) is 0 Å². The Labute approximate surface area is 196 Å². The molecule has 1 saturated heterocycles. The third-order valence-electron chi connectivity index (χ3n) is 5.83. The Morgan fingerprint density at radius 3 is 2.44 bits per heavy atom. The molecule has 2 aromatic rings. The van der Waals surface area contributed by atoms with Crippen LogP contribution in [-0.4, -0.2) is 43.4 Å². The minimum Gasteiger partial charge on any atom is -0.494 e. The predicted octanol–water partition coefficient (Wildman–Crippen LogP) is 5.52. The number of benzene rings is 2. The standard InChI is InChI=1S/C25H32ClNO4S/c1-2-3-4-5-8-16-31-23-13-11-20(12-14-23)25(28)27(22-15-17-32(29,30)19-22)18-21-9-6-7-10-24(21)26/h6-7,9-14,22H,2-5,8,15-19H2,1H3/t22-/m0/s1. The molecule has 3 rings (SSSR count). The van der Waals surface area contributed by atoms with Crippen LogP contribution in [0.1, 0.15) is 61.4 Å². The third-order valence-corrected chi connectivity index (χ3v) is 7.95. The largest absolute Gasteiger partial charge is 0.494 e. The van der Waals surface area contributed by atoms with Gasteiger partial charge >= 0.3 is 0 Å². The van der Waals surface area contributed by atoms with Crippen LogP contribution >= 0.6 is 11.6 Å². The summed E-state index contributed by atoms with van der Waals surface area (Å²) < 4.78 is 29.9. The lowest BCUT2D eigenvalue weighted by Crippen LogP contribution is -2.40. The van der Waals surface area contributed by atoms with Crippen LogP contribution in [-0.2, 0) is 16.4 Å². The fraction of sp³-hybridized carbons (Fsp3) is 0.480. The summed E-state index contributed by atoms with van der Waals surface area (Å²) in [6.45, 7) is 3.13. The number of nitrogens with zero attached hydrogens (tertiary/aromatic N) is 1. The van der Waals surface area contributed by atoms with Crippen molar-refractivity contribution in [2.45, 2.75) is 58.0 Å². The minimum atomic E-state index is -3.13. The highest BCUT2D eigenvalue weighted by atomic mass is 35.5. The van der Waals surface area contributed by atoms with Gasteiger partial charge in [-0.05, 0) is 48.7 Å².